The van der Waals surface area contributed by atoms with Crippen molar-refractivity contribution in [2.75, 3.05) is 6.61 Å². The van der Waals surface area contributed by atoms with Gasteiger partial charge in [-0.1, -0.05) is 50.1 Å². The number of nitrogens with one attached hydrogen (secondary N) is 2. The van der Waals surface area contributed by atoms with Gasteiger partial charge in [-0.25, -0.2) is 0 Å². The van der Waals surface area contributed by atoms with Crippen LogP contribution in [0, 0.1) is 0 Å². The number of ether oxygens (including phenoxy) is 1. The maximum absolute atomic E-state index is 11.7. The van der Waals surface area contributed by atoms with E-state index in [1.807, 2.05) is 42.5 Å². The number of fused-ring (bicyclic) bond motifs is 3. The minimum atomic E-state index is -0.822. The van der Waals surface area contributed by atoms with Crippen molar-refractivity contribution in [1.29, 1.82) is 0 Å². The van der Waals surface area contributed by atoms with Crippen LogP contribution < -0.4 is 10.1 Å². The molecule has 2 unspecified atom stereocenters. The third kappa shape index (κ3) is 3.62. The molecule has 28 heavy (non-hydrogen) atoms. The number of carboxylic acid groups (broad SMARTS) is 1. The molecule has 1 aromatic heterocycles. The first-order chi connectivity index (χ1) is 13.7. The van der Waals surface area contributed by atoms with E-state index >= 15 is 0 Å². The third-order valence-electron chi connectivity index (χ3n) is 5.44. The van der Waals surface area contributed by atoms with Gasteiger partial charge >= 0.3 is 5.97 Å². The first-order valence-electron chi connectivity index (χ1n) is 9.98. The van der Waals surface area contributed by atoms with Crippen molar-refractivity contribution in [1.82, 2.24) is 10.3 Å². The second kappa shape index (κ2) is 8.07. The van der Waals surface area contributed by atoms with Crippen molar-refractivity contribution in [3.8, 4) is 5.75 Å². The normalized spacial score (nSPS) is 18.8. The van der Waals surface area contributed by atoms with Gasteiger partial charge in [-0.3, -0.25) is 10.1 Å². The molecule has 3 aromatic rings. The Balaban J connectivity index is 1.62. The molecular weight excluding hydrogens is 352 g/mol. The Morgan fingerprint density at radius 2 is 1.93 bits per heavy atom. The summed E-state index contributed by atoms with van der Waals surface area (Å²) in [4.78, 5) is 15.2. The molecule has 0 aliphatic carbocycles. The minimum Gasteiger partial charge on any atom is -0.494 e. The van der Waals surface area contributed by atoms with Gasteiger partial charge < -0.3 is 14.8 Å². The first-order valence-corrected chi connectivity index (χ1v) is 9.98. The van der Waals surface area contributed by atoms with Crippen LogP contribution in [0.1, 0.15) is 49.0 Å². The third-order valence-corrected chi connectivity index (χ3v) is 5.44. The van der Waals surface area contributed by atoms with Gasteiger partial charge in [0.25, 0.3) is 0 Å². The summed E-state index contributed by atoms with van der Waals surface area (Å²) in [7, 11) is 0. The molecule has 0 amide bonds. The van der Waals surface area contributed by atoms with E-state index in [0.29, 0.717) is 6.42 Å². The summed E-state index contributed by atoms with van der Waals surface area (Å²) in [6.07, 6.45) is 3.88. The van der Waals surface area contributed by atoms with Gasteiger partial charge in [0.15, 0.2) is 0 Å². The molecule has 0 saturated carbocycles. The van der Waals surface area contributed by atoms with E-state index in [9.17, 15) is 9.90 Å². The Bertz CT molecular complexity index is 962. The predicted molar refractivity (Wildman–Crippen MR) is 110 cm³/mol. The first kappa shape index (κ1) is 18.6. The highest BCUT2D eigenvalue weighted by atomic mass is 16.5. The summed E-state index contributed by atoms with van der Waals surface area (Å²) in [5.41, 5.74) is 4.21. The van der Waals surface area contributed by atoms with Crippen LogP contribution in [-0.2, 0) is 11.2 Å². The zero-order chi connectivity index (χ0) is 19.5. The second-order valence-electron chi connectivity index (χ2n) is 7.38. The molecule has 2 atom stereocenters. The molecular formula is C23H26N2O3. The molecule has 0 saturated heterocycles. The van der Waals surface area contributed by atoms with E-state index in [1.54, 1.807) is 0 Å². The SMILES string of the molecule is CCCCCOc1ccc(C2NC(C(=O)O)Cc3c2[nH]c2ccccc32)cc1. The van der Waals surface area contributed by atoms with Crippen LogP contribution in [0.15, 0.2) is 48.5 Å². The standard InChI is InChI=1S/C23H26N2O3/c1-2-3-6-13-28-16-11-9-15(10-12-16)21-22-18(14-20(25-21)23(26)27)17-7-4-5-8-19(17)24-22/h4-5,7-12,20-21,24-25H,2-3,6,13-14H2,1H3,(H,26,27). The minimum absolute atomic E-state index is 0.189. The van der Waals surface area contributed by atoms with Crippen LogP contribution in [0.3, 0.4) is 0 Å². The summed E-state index contributed by atoms with van der Waals surface area (Å²) in [6.45, 7) is 2.90. The van der Waals surface area contributed by atoms with Crippen molar-refractivity contribution >= 4 is 16.9 Å². The molecule has 0 spiro atoms. The molecule has 1 aliphatic heterocycles. The van der Waals surface area contributed by atoms with Gasteiger partial charge in [-0.15, -0.1) is 0 Å². The Hall–Kier alpha value is -2.79. The molecule has 2 heterocycles. The van der Waals surface area contributed by atoms with Crippen molar-refractivity contribution in [3.05, 3.63) is 65.4 Å². The van der Waals surface area contributed by atoms with Crippen LogP contribution in [0.4, 0.5) is 0 Å². The monoisotopic (exact) mass is 378 g/mol. The number of rotatable bonds is 7. The molecule has 5 nitrogen and oxygen atoms in total. The van der Waals surface area contributed by atoms with E-state index in [-0.39, 0.29) is 6.04 Å². The Morgan fingerprint density at radius 3 is 2.68 bits per heavy atom. The van der Waals surface area contributed by atoms with E-state index in [2.05, 4.69) is 23.3 Å². The molecule has 5 heteroatoms. The van der Waals surface area contributed by atoms with Gasteiger partial charge in [0.1, 0.15) is 11.8 Å². The quantitative estimate of drug-likeness (QED) is 0.532. The average Bonchev–Trinajstić information content (AvgIpc) is 3.10. The number of carboxylic acids is 1. The zero-order valence-corrected chi connectivity index (χ0v) is 16.1. The number of aromatic nitrogens is 1. The lowest BCUT2D eigenvalue weighted by molar-refractivity contribution is -0.139. The van der Waals surface area contributed by atoms with Crippen LogP contribution in [0.5, 0.6) is 5.75 Å². The Kier molecular flexibility index (Phi) is 5.35. The van der Waals surface area contributed by atoms with Gasteiger partial charge in [-0.05, 0) is 35.7 Å². The molecule has 146 valence electrons. The Morgan fingerprint density at radius 1 is 1.14 bits per heavy atom. The number of para-hydroxylation sites is 1. The maximum Gasteiger partial charge on any atom is 0.321 e. The van der Waals surface area contributed by atoms with Crippen molar-refractivity contribution in [3.63, 3.8) is 0 Å². The lowest BCUT2D eigenvalue weighted by atomic mass is 9.90. The van der Waals surface area contributed by atoms with Crippen LogP contribution in [0.25, 0.3) is 10.9 Å². The number of aromatic amines is 1. The number of unbranched alkanes of at least 4 members (excludes halogenated alkanes) is 2. The molecule has 0 bridgehead atoms. The van der Waals surface area contributed by atoms with E-state index < -0.39 is 12.0 Å². The number of H-pyrrole nitrogens is 1. The largest absolute Gasteiger partial charge is 0.494 e. The predicted octanol–water partition coefficient (Wildman–Crippen LogP) is 4.43. The number of aliphatic carboxylic acids is 1. The smallest absolute Gasteiger partial charge is 0.321 e. The van der Waals surface area contributed by atoms with Crippen molar-refractivity contribution in [2.45, 2.75) is 44.7 Å². The van der Waals surface area contributed by atoms with E-state index in [0.717, 1.165) is 46.5 Å². The second-order valence-corrected chi connectivity index (χ2v) is 7.38. The fourth-order valence-corrected chi connectivity index (χ4v) is 3.95. The fraction of sp³-hybridized carbons (Fsp3) is 0.348. The molecule has 1 aliphatic rings. The molecule has 3 N–H and O–H groups in total. The van der Waals surface area contributed by atoms with E-state index in [4.69, 9.17) is 4.74 Å². The number of hydrogen-bond donors (Lipinski definition) is 3. The number of hydrogen-bond acceptors (Lipinski definition) is 3. The van der Waals surface area contributed by atoms with Crippen molar-refractivity contribution in [2.24, 2.45) is 0 Å². The van der Waals surface area contributed by atoms with Gasteiger partial charge in [0.05, 0.1) is 12.6 Å². The summed E-state index contributed by atoms with van der Waals surface area (Å²) < 4.78 is 5.80. The Labute approximate surface area is 164 Å². The lowest BCUT2D eigenvalue weighted by Gasteiger charge is -2.29. The van der Waals surface area contributed by atoms with Gasteiger partial charge in [0, 0.05) is 23.0 Å². The van der Waals surface area contributed by atoms with Crippen LogP contribution >= 0.6 is 0 Å². The van der Waals surface area contributed by atoms with E-state index in [1.165, 1.54) is 12.8 Å². The maximum atomic E-state index is 11.7. The highest BCUT2D eigenvalue weighted by Crippen LogP contribution is 2.35. The van der Waals surface area contributed by atoms with Gasteiger partial charge in [0.2, 0.25) is 0 Å². The molecule has 0 fully saturated rings. The summed E-state index contributed by atoms with van der Waals surface area (Å²) in [5.74, 6) is 0.0270. The van der Waals surface area contributed by atoms with Crippen LogP contribution in [-0.4, -0.2) is 28.7 Å². The number of carbonyl (C=O) groups is 1. The van der Waals surface area contributed by atoms with Crippen molar-refractivity contribution < 1.29 is 14.6 Å². The lowest BCUT2D eigenvalue weighted by Crippen LogP contribution is -2.44. The summed E-state index contributed by atoms with van der Waals surface area (Å²) >= 11 is 0. The average molecular weight is 378 g/mol. The summed E-state index contributed by atoms with van der Waals surface area (Å²) in [6, 6.07) is 15.3. The highest BCUT2D eigenvalue weighted by Gasteiger charge is 2.33. The van der Waals surface area contributed by atoms with Gasteiger partial charge in [-0.2, -0.15) is 0 Å². The summed E-state index contributed by atoms with van der Waals surface area (Å²) in [5, 5.41) is 14.0. The fourth-order valence-electron chi connectivity index (χ4n) is 3.95. The number of benzene rings is 2. The zero-order valence-electron chi connectivity index (χ0n) is 16.1. The van der Waals surface area contributed by atoms with Crippen LogP contribution in [0.2, 0.25) is 0 Å². The highest BCUT2D eigenvalue weighted by molar-refractivity contribution is 5.87. The molecule has 0 radical (unpaired) electrons. The molecule has 4 rings (SSSR count). The topological polar surface area (TPSA) is 74.3 Å². The molecule has 2 aromatic carbocycles.